The second kappa shape index (κ2) is 4.40. The van der Waals surface area contributed by atoms with Crippen LogP contribution in [0, 0.1) is 13.8 Å². The summed E-state index contributed by atoms with van der Waals surface area (Å²) in [7, 11) is 0. The minimum absolute atomic E-state index is 0.0686. The predicted octanol–water partition coefficient (Wildman–Crippen LogP) is 4.15. The first-order chi connectivity index (χ1) is 8.96. The Bertz CT molecular complexity index is 572. The summed E-state index contributed by atoms with van der Waals surface area (Å²) >= 11 is 1.61. The van der Waals surface area contributed by atoms with Gasteiger partial charge in [-0.3, -0.25) is 0 Å². The van der Waals surface area contributed by atoms with Crippen LogP contribution in [0.2, 0.25) is 0 Å². The zero-order valence-electron chi connectivity index (χ0n) is 11.0. The number of benzene rings is 1. The molecule has 0 amide bonds. The first kappa shape index (κ1) is 12.8. The Morgan fingerprint density at radius 1 is 1.16 bits per heavy atom. The summed E-state index contributed by atoms with van der Waals surface area (Å²) in [5.41, 5.74) is 3.36. The minimum Gasteiger partial charge on any atom is -0.348 e. The molecule has 0 bridgehead atoms. The molecule has 0 aliphatic carbocycles. The molecule has 0 atom stereocenters. The molecule has 0 spiro atoms. The molecule has 2 nitrogen and oxygen atoms in total. The van der Waals surface area contributed by atoms with Gasteiger partial charge in [0.25, 0.3) is 5.92 Å². The lowest BCUT2D eigenvalue weighted by molar-refractivity contribution is -0.0220. The molecule has 19 heavy (non-hydrogen) atoms. The highest BCUT2D eigenvalue weighted by Gasteiger charge is 2.34. The molecule has 1 aromatic heterocycles. The van der Waals surface area contributed by atoms with E-state index in [9.17, 15) is 8.78 Å². The van der Waals surface area contributed by atoms with Crippen LogP contribution in [0.4, 0.5) is 13.9 Å². The third-order valence-electron chi connectivity index (χ3n) is 3.70. The van der Waals surface area contributed by atoms with Crippen molar-refractivity contribution in [1.29, 1.82) is 0 Å². The van der Waals surface area contributed by atoms with Crippen LogP contribution in [0.1, 0.15) is 24.0 Å². The number of hydrogen-bond acceptors (Lipinski definition) is 3. The third-order valence-corrected chi connectivity index (χ3v) is 4.95. The smallest absolute Gasteiger partial charge is 0.251 e. The predicted molar refractivity (Wildman–Crippen MR) is 75.5 cm³/mol. The average molecular weight is 282 g/mol. The van der Waals surface area contributed by atoms with Crippen LogP contribution in [0.3, 0.4) is 0 Å². The van der Waals surface area contributed by atoms with Crippen LogP contribution in [0.5, 0.6) is 0 Å². The van der Waals surface area contributed by atoms with Crippen molar-refractivity contribution in [2.45, 2.75) is 32.6 Å². The van der Waals surface area contributed by atoms with E-state index in [1.807, 2.05) is 11.8 Å². The fraction of sp³-hybridized carbons (Fsp3) is 0.500. The van der Waals surface area contributed by atoms with Gasteiger partial charge in [0.15, 0.2) is 5.13 Å². The Kier molecular flexibility index (Phi) is 2.96. The van der Waals surface area contributed by atoms with Crippen molar-refractivity contribution in [2.24, 2.45) is 0 Å². The Labute approximate surface area is 115 Å². The van der Waals surface area contributed by atoms with E-state index in [4.69, 9.17) is 0 Å². The van der Waals surface area contributed by atoms with E-state index in [2.05, 4.69) is 24.0 Å². The number of halogens is 2. The molecule has 0 radical (unpaired) electrons. The Balaban J connectivity index is 1.94. The standard InChI is InChI=1S/C14H16F2N2S/c1-9-3-4-10(2)12-11(9)17-13(19-12)18-7-5-14(15,16)6-8-18/h3-4H,5-8H2,1-2H3. The molecule has 2 heterocycles. The molecule has 1 fully saturated rings. The summed E-state index contributed by atoms with van der Waals surface area (Å²) in [5.74, 6) is -2.50. The van der Waals surface area contributed by atoms with Gasteiger partial charge in [-0.05, 0) is 25.0 Å². The highest BCUT2D eigenvalue weighted by molar-refractivity contribution is 7.22. The van der Waals surface area contributed by atoms with Crippen LogP contribution in [0.25, 0.3) is 10.2 Å². The molecule has 1 aliphatic rings. The van der Waals surface area contributed by atoms with E-state index in [-0.39, 0.29) is 12.8 Å². The second-order valence-corrected chi connectivity index (χ2v) is 6.19. The summed E-state index contributed by atoms with van der Waals surface area (Å²) < 4.78 is 27.5. The first-order valence-electron chi connectivity index (χ1n) is 6.46. The molecule has 3 rings (SSSR count). The maximum Gasteiger partial charge on any atom is 0.251 e. The van der Waals surface area contributed by atoms with Gasteiger partial charge in [0.1, 0.15) is 0 Å². The topological polar surface area (TPSA) is 16.1 Å². The maximum absolute atomic E-state index is 13.2. The van der Waals surface area contributed by atoms with Gasteiger partial charge >= 0.3 is 0 Å². The van der Waals surface area contributed by atoms with Gasteiger partial charge in [0.05, 0.1) is 10.2 Å². The van der Waals surface area contributed by atoms with E-state index in [1.165, 1.54) is 10.3 Å². The Hall–Kier alpha value is -1.23. The number of nitrogens with zero attached hydrogens (tertiary/aromatic N) is 2. The van der Waals surface area contributed by atoms with Gasteiger partial charge in [-0.25, -0.2) is 13.8 Å². The quantitative estimate of drug-likeness (QED) is 0.781. The third kappa shape index (κ3) is 2.31. The SMILES string of the molecule is Cc1ccc(C)c2sc(N3CCC(F)(F)CC3)nc12. The molecule has 1 aliphatic heterocycles. The number of rotatable bonds is 1. The maximum atomic E-state index is 13.2. The van der Waals surface area contributed by atoms with Crippen molar-refractivity contribution < 1.29 is 8.78 Å². The Morgan fingerprint density at radius 2 is 1.79 bits per heavy atom. The number of alkyl halides is 2. The minimum atomic E-state index is -2.50. The van der Waals surface area contributed by atoms with Crippen LogP contribution in [0.15, 0.2) is 12.1 Å². The number of anilines is 1. The number of thiazole rings is 1. The van der Waals surface area contributed by atoms with Gasteiger partial charge in [0.2, 0.25) is 0 Å². The van der Waals surface area contributed by atoms with Crippen molar-refractivity contribution >= 4 is 26.7 Å². The summed E-state index contributed by atoms with van der Waals surface area (Å²) in [6, 6.07) is 4.15. The summed E-state index contributed by atoms with van der Waals surface area (Å²) in [4.78, 5) is 6.63. The van der Waals surface area contributed by atoms with Gasteiger partial charge in [-0.2, -0.15) is 0 Å². The number of piperidine rings is 1. The zero-order valence-corrected chi connectivity index (χ0v) is 11.9. The van der Waals surface area contributed by atoms with E-state index in [0.717, 1.165) is 16.2 Å². The molecule has 2 aromatic rings. The molecule has 1 saturated heterocycles. The van der Waals surface area contributed by atoms with Crippen molar-refractivity contribution in [3.63, 3.8) is 0 Å². The van der Waals surface area contributed by atoms with Crippen molar-refractivity contribution in [2.75, 3.05) is 18.0 Å². The van der Waals surface area contributed by atoms with Gasteiger partial charge < -0.3 is 4.90 Å². The molecule has 0 unspecified atom stereocenters. The lowest BCUT2D eigenvalue weighted by Gasteiger charge is -2.31. The van der Waals surface area contributed by atoms with Crippen molar-refractivity contribution in [1.82, 2.24) is 4.98 Å². The highest BCUT2D eigenvalue weighted by Crippen LogP contribution is 2.36. The molecule has 102 valence electrons. The molecular formula is C14H16F2N2S. The lowest BCUT2D eigenvalue weighted by atomic mass is 10.1. The summed E-state index contributed by atoms with van der Waals surface area (Å²) in [6.45, 7) is 4.89. The number of fused-ring (bicyclic) bond motifs is 1. The number of aryl methyl sites for hydroxylation is 2. The first-order valence-corrected chi connectivity index (χ1v) is 7.27. The summed E-state index contributed by atoms with van der Waals surface area (Å²) in [5, 5.41) is 0.878. The molecule has 0 N–H and O–H groups in total. The van der Waals surface area contributed by atoms with E-state index in [1.54, 1.807) is 11.3 Å². The van der Waals surface area contributed by atoms with Crippen molar-refractivity contribution in [3.05, 3.63) is 23.3 Å². The number of aromatic nitrogens is 1. The van der Waals surface area contributed by atoms with Gasteiger partial charge in [-0.1, -0.05) is 23.5 Å². The van der Waals surface area contributed by atoms with Crippen LogP contribution in [-0.4, -0.2) is 24.0 Å². The largest absolute Gasteiger partial charge is 0.348 e. The summed E-state index contributed by atoms with van der Waals surface area (Å²) in [6.07, 6.45) is -0.137. The van der Waals surface area contributed by atoms with E-state index < -0.39 is 5.92 Å². The monoisotopic (exact) mass is 282 g/mol. The van der Waals surface area contributed by atoms with Crippen molar-refractivity contribution in [3.8, 4) is 0 Å². The number of hydrogen-bond donors (Lipinski definition) is 0. The van der Waals surface area contributed by atoms with Gasteiger partial charge in [-0.15, -0.1) is 0 Å². The van der Waals surface area contributed by atoms with Crippen LogP contribution in [-0.2, 0) is 0 Å². The normalized spacial score (nSPS) is 19.1. The molecule has 0 saturated carbocycles. The highest BCUT2D eigenvalue weighted by atomic mass is 32.1. The zero-order chi connectivity index (χ0) is 13.6. The average Bonchev–Trinajstić information content (AvgIpc) is 2.80. The van der Waals surface area contributed by atoms with Gasteiger partial charge in [0, 0.05) is 25.9 Å². The molecule has 1 aromatic carbocycles. The Morgan fingerprint density at radius 3 is 2.42 bits per heavy atom. The fourth-order valence-corrected chi connectivity index (χ4v) is 3.57. The van der Waals surface area contributed by atoms with E-state index >= 15 is 0 Å². The molecular weight excluding hydrogens is 266 g/mol. The molecule has 5 heteroatoms. The lowest BCUT2D eigenvalue weighted by Crippen LogP contribution is -2.39. The van der Waals surface area contributed by atoms with Crippen LogP contribution < -0.4 is 4.90 Å². The van der Waals surface area contributed by atoms with E-state index in [0.29, 0.717) is 13.1 Å². The fourth-order valence-electron chi connectivity index (χ4n) is 2.41. The second-order valence-electron chi connectivity index (χ2n) is 5.22. The van der Waals surface area contributed by atoms with Crippen LogP contribution >= 0.6 is 11.3 Å².